The van der Waals surface area contributed by atoms with Gasteiger partial charge in [0.25, 0.3) is 0 Å². The first-order valence-electron chi connectivity index (χ1n) is 13.9. The number of anilines is 2. The average Bonchev–Trinajstić information content (AvgIpc) is 2.94. The molecular formula is C32H39N5O2S. The number of sulfonamides is 1. The maximum absolute atomic E-state index is 13.4. The van der Waals surface area contributed by atoms with E-state index in [2.05, 4.69) is 70.0 Å². The van der Waals surface area contributed by atoms with Crippen molar-refractivity contribution in [1.82, 2.24) is 19.2 Å². The van der Waals surface area contributed by atoms with Crippen molar-refractivity contribution in [2.75, 3.05) is 31.5 Å². The lowest BCUT2D eigenvalue weighted by atomic mass is 9.87. The van der Waals surface area contributed by atoms with Crippen LogP contribution in [-0.4, -0.2) is 53.8 Å². The number of fused-ring (bicyclic) bond motifs is 1. The summed E-state index contributed by atoms with van der Waals surface area (Å²) in [5, 5.41) is 4.55. The minimum Gasteiger partial charge on any atom is -0.339 e. The first kappa shape index (κ1) is 28.2. The second kappa shape index (κ2) is 10.9. The summed E-state index contributed by atoms with van der Waals surface area (Å²) in [6.45, 7) is 14.7. The molecule has 3 aromatic carbocycles. The molecule has 0 saturated carbocycles. The molecule has 0 aliphatic carbocycles. The van der Waals surface area contributed by atoms with E-state index in [1.807, 2.05) is 36.4 Å². The van der Waals surface area contributed by atoms with Gasteiger partial charge in [-0.15, -0.1) is 0 Å². The van der Waals surface area contributed by atoms with E-state index in [4.69, 9.17) is 9.97 Å². The van der Waals surface area contributed by atoms with Crippen molar-refractivity contribution in [3.8, 4) is 0 Å². The third kappa shape index (κ3) is 5.61. The highest BCUT2D eigenvalue weighted by Gasteiger charge is 2.31. The number of nitrogens with one attached hydrogen (secondary N) is 1. The molecule has 40 heavy (non-hydrogen) atoms. The van der Waals surface area contributed by atoms with Crippen LogP contribution >= 0.6 is 0 Å². The summed E-state index contributed by atoms with van der Waals surface area (Å²) in [6, 6.07) is 21.5. The van der Waals surface area contributed by atoms with Crippen LogP contribution in [0, 0.1) is 13.8 Å². The molecule has 0 radical (unpaired) electrons. The topological polar surface area (TPSA) is 78.4 Å². The Morgan fingerprint density at radius 3 is 2.08 bits per heavy atom. The second-order valence-corrected chi connectivity index (χ2v) is 13.7. The molecule has 1 aliphatic rings. The maximum Gasteiger partial charge on any atom is 0.243 e. The quantitative estimate of drug-likeness (QED) is 0.297. The van der Waals surface area contributed by atoms with Crippen LogP contribution in [0.25, 0.3) is 10.9 Å². The fourth-order valence-corrected chi connectivity index (χ4v) is 6.70. The molecule has 4 aromatic rings. The molecular weight excluding hydrogens is 518 g/mol. The van der Waals surface area contributed by atoms with Gasteiger partial charge in [-0.05, 0) is 67.1 Å². The van der Waals surface area contributed by atoms with Gasteiger partial charge in [0.05, 0.1) is 16.5 Å². The largest absolute Gasteiger partial charge is 0.339 e. The fourth-order valence-electron chi connectivity index (χ4n) is 5.28. The Balaban J connectivity index is 1.35. The molecule has 210 valence electrons. The molecule has 5 rings (SSSR count). The molecule has 0 amide bonds. The highest BCUT2D eigenvalue weighted by atomic mass is 32.2. The Hall–Kier alpha value is -3.33. The van der Waals surface area contributed by atoms with Gasteiger partial charge < -0.3 is 5.32 Å². The maximum atomic E-state index is 13.4. The highest BCUT2D eigenvalue weighted by Crippen LogP contribution is 2.31. The van der Waals surface area contributed by atoms with Crippen molar-refractivity contribution >= 4 is 32.4 Å². The molecule has 1 atom stereocenters. The van der Waals surface area contributed by atoms with Crippen LogP contribution in [0.5, 0.6) is 0 Å². The van der Waals surface area contributed by atoms with E-state index in [1.54, 1.807) is 16.4 Å². The summed E-state index contributed by atoms with van der Waals surface area (Å²) in [4.78, 5) is 12.5. The third-order valence-electron chi connectivity index (χ3n) is 7.90. The van der Waals surface area contributed by atoms with Gasteiger partial charge in [0, 0.05) is 37.3 Å². The van der Waals surface area contributed by atoms with Crippen LogP contribution in [0.2, 0.25) is 0 Å². The average molecular weight is 558 g/mol. The summed E-state index contributed by atoms with van der Waals surface area (Å²) in [7, 11) is -3.55. The van der Waals surface area contributed by atoms with Gasteiger partial charge in [-0.1, -0.05) is 63.2 Å². The minimum absolute atomic E-state index is 0.0248. The molecule has 1 saturated heterocycles. The molecule has 2 heterocycles. The van der Waals surface area contributed by atoms with Gasteiger partial charge in [0.2, 0.25) is 10.0 Å². The molecule has 0 bridgehead atoms. The van der Waals surface area contributed by atoms with Gasteiger partial charge in [-0.25, -0.2) is 18.4 Å². The zero-order chi connectivity index (χ0) is 28.7. The zero-order valence-electron chi connectivity index (χ0n) is 24.3. The van der Waals surface area contributed by atoms with E-state index in [0.29, 0.717) is 31.1 Å². The predicted octanol–water partition coefficient (Wildman–Crippen LogP) is 6.36. The van der Waals surface area contributed by atoms with Crippen molar-refractivity contribution in [2.45, 2.75) is 57.9 Å². The van der Waals surface area contributed by atoms with E-state index in [0.717, 1.165) is 44.9 Å². The second-order valence-electron chi connectivity index (χ2n) is 11.7. The number of aryl methyl sites for hydroxylation is 2. The van der Waals surface area contributed by atoms with Gasteiger partial charge >= 0.3 is 0 Å². The minimum atomic E-state index is -3.55. The smallest absolute Gasteiger partial charge is 0.243 e. The number of hydrogen-bond acceptors (Lipinski definition) is 6. The fraction of sp³-hybridized carbons (Fsp3) is 0.375. The predicted molar refractivity (Wildman–Crippen MR) is 163 cm³/mol. The summed E-state index contributed by atoms with van der Waals surface area (Å²) in [5.74, 6) is 1.51. The molecule has 1 aromatic heterocycles. The van der Waals surface area contributed by atoms with Crippen LogP contribution < -0.4 is 5.32 Å². The third-order valence-corrected chi connectivity index (χ3v) is 9.81. The van der Waals surface area contributed by atoms with Crippen LogP contribution in [0.4, 0.5) is 11.5 Å². The van der Waals surface area contributed by atoms with Crippen molar-refractivity contribution in [3.05, 3.63) is 89.2 Å². The van der Waals surface area contributed by atoms with E-state index < -0.39 is 10.0 Å². The lowest BCUT2D eigenvalue weighted by Gasteiger charge is -2.37. The van der Waals surface area contributed by atoms with E-state index in [-0.39, 0.29) is 11.5 Å². The van der Waals surface area contributed by atoms with Crippen LogP contribution in [-0.2, 0) is 15.4 Å². The monoisotopic (exact) mass is 557 g/mol. The normalized spacial score (nSPS) is 16.2. The van der Waals surface area contributed by atoms with Crippen molar-refractivity contribution in [1.29, 1.82) is 0 Å². The lowest BCUT2D eigenvalue weighted by Crippen LogP contribution is -2.49. The number of piperazine rings is 1. The summed E-state index contributed by atoms with van der Waals surface area (Å²) in [6.07, 6.45) is 0. The lowest BCUT2D eigenvalue weighted by molar-refractivity contribution is 0.141. The number of rotatable bonds is 6. The summed E-state index contributed by atoms with van der Waals surface area (Å²) in [5.41, 5.74) is 5.34. The standard InChI is InChI=1S/C32H39N5O2S/c1-22-10-9-11-23(2)29(22)34-31-27-12-7-8-13-28(27)33-30(35-31)24(3)36-18-20-37(21-19-36)40(38,39)26-16-14-25(15-17-26)32(4,5)6/h7-17,24H,18-21H2,1-6H3,(H,33,34,35). The zero-order valence-corrected chi connectivity index (χ0v) is 25.1. The van der Waals surface area contributed by atoms with Gasteiger partial charge in [0.15, 0.2) is 0 Å². The van der Waals surface area contributed by atoms with Crippen molar-refractivity contribution in [2.24, 2.45) is 0 Å². The number of para-hydroxylation sites is 2. The molecule has 1 N–H and O–H groups in total. The Morgan fingerprint density at radius 1 is 0.825 bits per heavy atom. The van der Waals surface area contributed by atoms with Crippen LogP contribution in [0.3, 0.4) is 0 Å². The van der Waals surface area contributed by atoms with Crippen LogP contribution in [0.1, 0.15) is 56.3 Å². The van der Waals surface area contributed by atoms with Crippen molar-refractivity contribution < 1.29 is 8.42 Å². The SMILES string of the molecule is Cc1cccc(C)c1Nc1nc(C(C)N2CCN(S(=O)(=O)c3ccc(C(C)(C)C)cc3)CC2)nc2ccccc12. The van der Waals surface area contributed by atoms with E-state index in [1.165, 1.54) is 0 Å². The van der Waals surface area contributed by atoms with E-state index in [9.17, 15) is 8.42 Å². The molecule has 1 fully saturated rings. The number of benzene rings is 3. The first-order chi connectivity index (χ1) is 18.9. The molecule has 8 heteroatoms. The van der Waals surface area contributed by atoms with Crippen LogP contribution in [0.15, 0.2) is 71.6 Å². The highest BCUT2D eigenvalue weighted by molar-refractivity contribution is 7.89. The van der Waals surface area contributed by atoms with E-state index >= 15 is 0 Å². The Labute approximate surface area is 238 Å². The van der Waals surface area contributed by atoms with Gasteiger partial charge in [0.1, 0.15) is 11.6 Å². The van der Waals surface area contributed by atoms with Gasteiger partial charge in [-0.3, -0.25) is 4.90 Å². The molecule has 0 spiro atoms. The number of nitrogens with zero attached hydrogens (tertiary/aromatic N) is 4. The first-order valence-corrected chi connectivity index (χ1v) is 15.3. The number of hydrogen-bond donors (Lipinski definition) is 1. The summed E-state index contributed by atoms with van der Waals surface area (Å²) >= 11 is 0. The molecule has 7 nitrogen and oxygen atoms in total. The van der Waals surface area contributed by atoms with Crippen molar-refractivity contribution in [3.63, 3.8) is 0 Å². The Bertz CT molecular complexity index is 1600. The Morgan fingerprint density at radius 2 is 1.45 bits per heavy atom. The molecule has 1 aliphatic heterocycles. The molecule has 1 unspecified atom stereocenters. The number of aromatic nitrogens is 2. The van der Waals surface area contributed by atoms with Gasteiger partial charge in [-0.2, -0.15) is 4.31 Å². The summed E-state index contributed by atoms with van der Waals surface area (Å²) < 4.78 is 28.4. The Kier molecular flexibility index (Phi) is 7.70.